The minimum atomic E-state index is 0.656. The first kappa shape index (κ1) is 16.8. The Morgan fingerprint density at radius 3 is 2.57 bits per heavy atom. The summed E-state index contributed by atoms with van der Waals surface area (Å²) < 4.78 is 0. The summed E-state index contributed by atoms with van der Waals surface area (Å²) >= 11 is 0. The maximum atomic E-state index is 4.63. The van der Waals surface area contributed by atoms with E-state index in [0.29, 0.717) is 13.1 Å². The predicted octanol–water partition coefficient (Wildman–Crippen LogP) is 2.40. The molecule has 0 saturated heterocycles. The van der Waals surface area contributed by atoms with Crippen LogP contribution in [-0.4, -0.2) is 31.6 Å². The van der Waals surface area contributed by atoms with E-state index >= 15 is 0 Å². The number of hydrogen-bond acceptors (Lipinski definition) is 3. The Kier molecular flexibility index (Phi) is 6.41. The highest BCUT2D eigenvalue weighted by molar-refractivity contribution is 5.79. The Morgan fingerprint density at radius 2 is 1.87 bits per heavy atom. The van der Waals surface area contributed by atoms with Gasteiger partial charge in [-0.2, -0.15) is 0 Å². The Morgan fingerprint density at radius 1 is 1.09 bits per heavy atom. The summed E-state index contributed by atoms with van der Waals surface area (Å²) in [6.45, 7) is 4.23. The number of hydrogen-bond donors (Lipinski definition) is 2. The molecule has 0 radical (unpaired) electrons. The largest absolute Gasteiger partial charge is 0.362 e. The highest BCUT2D eigenvalue weighted by Crippen LogP contribution is 2.13. The number of guanidine groups is 1. The van der Waals surface area contributed by atoms with E-state index in [-0.39, 0.29) is 0 Å². The number of nitrogens with one attached hydrogen (secondary N) is 2. The first-order valence-corrected chi connectivity index (χ1v) is 7.88. The van der Waals surface area contributed by atoms with E-state index in [4.69, 9.17) is 0 Å². The topological polar surface area (TPSA) is 52.6 Å². The molecule has 23 heavy (non-hydrogen) atoms. The minimum Gasteiger partial charge on any atom is -0.362 e. The van der Waals surface area contributed by atoms with Crippen LogP contribution in [0.25, 0.3) is 0 Å². The van der Waals surface area contributed by atoms with Crippen LogP contribution in [0, 0.1) is 0 Å². The van der Waals surface area contributed by atoms with Gasteiger partial charge in [0.1, 0.15) is 5.82 Å². The van der Waals surface area contributed by atoms with Gasteiger partial charge < -0.3 is 15.5 Å². The number of aromatic nitrogens is 1. The molecule has 0 bridgehead atoms. The molecule has 0 atom stereocenters. The third-order valence-corrected chi connectivity index (χ3v) is 3.34. The van der Waals surface area contributed by atoms with Crippen LogP contribution in [0.15, 0.2) is 53.7 Å². The molecule has 0 aliphatic carbocycles. The number of anilines is 1. The monoisotopic (exact) mass is 311 g/mol. The van der Waals surface area contributed by atoms with E-state index in [1.807, 2.05) is 49.5 Å². The van der Waals surface area contributed by atoms with Gasteiger partial charge >= 0.3 is 0 Å². The van der Waals surface area contributed by atoms with Crippen LogP contribution in [0.5, 0.6) is 0 Å². The number of aliphatic imine (C=N–C) groups is 1. The first-order chi connectivity index (χ1) is 11.2. The molecule has 2 aromatic rings. The Bertz CT molecular complexity index is 622. The third-order valence-electron chi connectivity index (χ3n) is 3.34. The van der Waals surface area contributed by atoms with Crippen molar-refractivity contribution in [2.75, 3.05) is 25.5 Å². The van der Waals surface area contributed by atoms with Crippen LogP contribution in [-0.2, 0) is 13.1 Å². The van der Waals surface area contributed by atoms with Gasteiger partial charge in [-0.15, -0.1) is 0 Å². The van der Waals surface area contributed by atoms with Gasteiger partial charge in [0.15, 0.2) is 5.96 Å². The van der Waals surface area contributed by atoms with Crippen LogP contribution < -0.4 is 15.5 Å². The second-order valence-electron chi connectivity index (χ2n) is 5.41. The normalized spacial score (nSPS) is 11.2. The Balaban J connectivity index is 2.02. The molecule has 2 N–H and O–H groups in total. The molecule has 0 spiro atoms. The SMILES string of the molecule is CCNC(=NCc1ccccc1)NCc1cccnc1N(C)C. The van der Waals surface area contributed by atoms with Gasteiger partial charge in [0.05, 0.1) is 6.54 Å². The zero-order valence-corrected chi connectivity index (χ0v) is 14.1. The maximum absolute atomic E-state index is 4.63. The quantitative estimate of drug-likeness (QED) is 0.635. The standard InChI is InChI=1S/C18H25N5/c1-4-19-18(21-13-15-9-6-5-7-10-15)22-14-16-11-8-12-20-17(16)23(2)3/h5-12H,4,13-14H2,1-3H3,(H2,19,21,22). The number of pyridine rings is 1. The van der Waals surface area contributed by atoms with E-state index in [9.17, 15) is 0 Å². The van der Waals surface area contributed by atoms with Crippen LogP contribution in [0.4, 0.5) is 5.82 Å². The number of benzene rings is 1. The Hall–Kier alpha value is -2.56. The molecule has 5 heteroatoms. The van der Waals surface area contributed by atoms with Gasteiger partial charge in [0.25, 0.3) is 0 Å². The average Bonchev–Trinajstić information content (AvgIpc) is 2.58. The van der Waals surface area contributed by atoms with Crippen LogP contribution in [0.1, 0.15) is 18.1 Å². The molecule has 0 fully saturated rings. The number of nitrogens with zero attached hydrogens (tertiary/aromatic N) is 3. The smallest absolute Gasteiger partial charge is 0.191 e. The predicted molar refractivity (Wildman–Crippen MR) is 96.7 cm³/mol. The molecular weight excluding hydrogens is 286 g/mol. The molecule has 0 amide bonds. The summed E-state index contributed by atoms with van der Waals surface area (Å²) in [6, 6.07) is 14.3. The highest BCUT2D eigenvalue weighted by Gasteiger charge is 2.06. The van der Waals surface area contributed by atoms with Gasteiger partial charge in [-0.1, -0.05) is 36.4 Å². The summed E-state index contributed by atoms with van der Waals surface area (Å²) in [5.41, 5.74) is 2.34. The van der Waals surface area contributed by atoms with E-state index in [1.54, 1.807) is 0 Å². The second kappa shape index (κ2) is 8.78. The molecular formula is C18H25N5. The maximum Gasteiger partial charge on any atom is 0.191 e. The van der Waals surface area contributed by atoms with Crippen molar-refractivity contribution in [3.05, 3.63) is 59.8 Å². The summed E-state index contributed by atoms with van der Waals surface area (Å²) in [5, 5.41) is 6.65. The zero-order chi connectivity index (χ0) is 16.5. The summed E-state index contributed by atoms with van der Waals surface area (Å²) in [5.74, 6) is 1.78. The summed E-state index contributed by atoms with van der Waals surface area (Å²) in [4.78, 5) is 11.1. The average molecular weight is 311 g/mol. The van der Waals surface area contributed by atoms with Gasteiger partial charge in [-0.3, -0.25) is 0 Å². The lowest BCUT2D eigenvalue weighted by Crippen LogP contribution is -2.37. The summed E-state index contributed by atoms with van der Waals surface area (Å²) in [7, 11) is 4.00. The van der Waals surface area contributed by atoms with Crippen molar-refractivity contribution >= 4 is 11.8 Å². The lowest BCUT2D eigenvalue weighted by atomic mass is 10.2. The van der Waals surface area contributed by atoms with Crippen molar-refractivity contribution in [2.45, 2.75) is 20.0 Å². The third kappa shape index (κ3) is 5.29. The number of rotatable bonds is 6. The first-order valence-electron chi connectivity index (χ1n) is 7.88. The fourth-order valence-electron chi connectivity index (χ4n) is 2.25. The fourth-order valence-corrected chi connectivity index (χ4v) is 2.25. The van der Waals surface area contributed by atoms with Crippen molar-refractivity contribution < 1.29 is 0 Å². The van der Waals surface area contributed by atoms with Gasteiger partial charge in [-0.25, -0.2) is 9.98 Å². The Labute approximate surface area is 138 Å². The molecule has 1 aromatic carbocycles. The molecule has 2 rings (SSSR count). The molecule has 0 aliphatic heterocycles. The lowest BCUT2D eigenvalue weighted by Gasteiger charge is -2.17. The molecule has 122 valence electrons. The van der Waals surface area contributed by atoms with Crippen molar-refractivity contribution in [3.63, 3.8) is 0 Å². The molecule has 1 heterocycles. The van der Waals surface area contributed by atoms with Crippen LogP contribution in [0.3, 0.4) is 0 Å². The van der Waals surface area contributed by atoms with E-state index in [1.165, 1.54) is 5.56 Å². The summed E-state index contributed by atoms with van der Waals surface area (Å²) in [6.07, 6.45) is 1.81. The lowest BCUT2D eigenvalue weighted by molar-refractivity contribution is 0.810. The van der Waals surface area contributed by atoms with Gasteiger partial charge in [-0.05, 0) is 18.6 Å². The molecule has 0 aliphatic rings. The fraction of sp³-hybridized carbons (Fsp3) is 0.333. The molecule has 0 saturated carbocycles. The van der Waals surface area contributed by atoms with Gasteiger partial charge in [0, 0.05) is 38.9 Å². The zero-order valence-electron chi connectivity index (χ0n) is 14.1. The van der Waals surface area contributed by atoms with Crippen molar-refractivity contribution in [2.24, 2.45) is 4.99 Å². The van der Waals surface area contributed by atoms with Crippen molar-refractivity contribution in [1.29, 1.82) is 0 Å². The van der Waals surface area contributed by atoms with Crippen molar-refractivity contribution in [1.82, 2.24) is 15.6 Å². The molecule has 1 aromatic heterocycles. The van der Waals surface area contributed by atoms with E-state index in [0.717, 1.165) is 23.9 Å². The molecule has 5 nitrogen and oxygen atoms in total. The van der Waals surface area contributed by atoms with Gasteiger partial charge in [0.2, 0.25) is 0 Å². The van der Waals surface area contributed by atoms with Crippen LogP contribution in [0.2, 0.25) is 0 Å². The highest BCUT2D eigenvalue weighted by atomic mass is 15.2. The minimum absolute atomic E-state index is 0.656. The van der Waals surface area contributed by atoms with Crippen molar-refractivity contribution in [3.8, 4) is 0 Å². The van der Waals surface area contributed by atoms with E-state index in [2.05, 4.69) is 45.7 Å². The second-order valence-corrected chi connectivity index (χ2v) is 5.41. The molecule has 0 unspecified atom stereocenters. The van der Waals surface area contributed by atoms with Crippen LogP contribution >= 0.6 is 0 Å². The van der Waals surface area contributed by atoms with E-state index < -0.39 is 0 Å².